The molecule has 1 aliphatic heterocycles. The molecule has 0 N–H and O–H groups in total. The summed E-state index contributed by atoms with van der Waals surface area (Å²) in [7, 11) is 0. The second-order valence-electron chi connectivity index (χ2n) is 7.45. The number of hydrogen-bond acceptors (Lipinski definition) is 4. The third kappa shape index (κ3) is 5.32. The highest BCUT2D eigenvalue weighted by atomic mass is 16.2. The Morgan fingerprint density at radius 1 is 0.964 bits per heavy atom. The van der Waals surface area contributed by atoms with Crippen LogP contribution in [0.25, 0.3) is 0 Å². The molecule has 1 aromatic heterocycles. The zero-order chi connectivity index (χ0) is 19.8. The van der Waals surface area contributed by atoms with Crippen molar-refractivity contribution in [2.24, 2.45) is 0 Å². The maximum Gasteiger partial charge on any atom is 0.255 e. The summed E-state index contributed by atoms with van der Waals surface area (Å²) in [5.74, 6) is 1.06. The number of amides is 1. The van der Waals surface area contributed by atoms with Crippen molar-refractivity contribution in [3.63, 3.8) is 0 Å². The number of pyridine rings is 1. The summed E-state index contributed by atoms with van der Waals surface area (Å²) in [4.78, 5) is 24.0. The van der Waals surface area contributed by atoms with Gasteiger partial charge in [0.05, 0.1) is 5.56 Å². The first-order valence-electron chi connectivity index (χ1n) is 10.5. The minimum atomic E-state index is 0.0930. The second-order valence-corrected chi connectivity index (χ2v) is 7.45. The Bertz CT molecular complexity index is 718. The molecule has 5 nitrogen and oxygen atoms in total. The molecule has 1 amide bonds. The smallest absolute Gasteiger partial charge is 0.255 e. The van der Waals surface area contributed by atoms with Gasteiger partial charge in [0.2, 0.25) is 0 Å². The van der Waals surface area contributed by atoms with Gasteiger partial charge >= 0.3 is 0 Å². The zero-order valence-electron chi connectivity index (χ0n) is 17.2. The fourth-order valence-electron chi connectivity index (χ4n) is 3.71. The molecule has 28 heavy (non-hydrogen) atoms. The number of carbonyl (C=O) groups excluding carboxylic acids is 1. The average molecular weight is 381 g/mol. The lowest BCUT2D eigenvalue weighted by atomic mass is 10.2. The van der Waals surface area contributed by atoms with E-state index in [1.165, 1.54) is 5.56 Å². The van der Waals surface area contributed by atoms with Crippen molar-refractivity contribution in [3.8, 4) is 0 Å². The van der Waals surface area contributed by atoms with E-state index in [9.17, 15) is 4.79 Å². The Hall–Kier alpha value is -2.40. The maximum absolute atomic E-state index is 12.7. The van der Waals surface area contributed by atoms with Crippen LogP contribution in [0.5, 0.6) is 0 Å². The van der Waals surface area contributed by atoms with Gasteiger partial charge in [0.25, 0.3) is 5.91 Å². The molecule has 3 rings (SSSR count). The van der Waals surface area contributed by atoms with Crippen molar-refractivity contribution in [1.82, 2.24) is 14.8 Å². The molecule has 0 aliphatic carbocycles. The molecule has 0 radical (unpaired) electrons. The summed E-state index contributed by atoms with van der Waals surface area (Å²) in [6.07, 6.45) is 3.70. The standard InChI is InChI=1S/C23H32N4O/c1-3-12-27(13-4-2)23(28)21-10-11-22(24-18-21)26-16-14-25(15-17-26)19-20-8-6-5-7-9-20/h5-11,18H,3-4,12-17,19H2,1-2H3. The van der Waals surface area contributed by atoms with Crippen LogP contribution in [0.1, 0.15) is 42.6 Å². The van der Waals surface area contributed by atoms with Crippen LogP contribution in [0.3, 0.4) is 0 Å². The Kier molecular flexibility index (Phi) is 7.43. The lowest BCUT2D eigenvalue weighted by Gasteiger charge is -2.35. The van der Waals surface area contributed by atoms with Gasteiger partial charge in [-0.1, -0.05) is 44.2 Å². The Labute approximate surface area is 169 Å². The molecule has 0 unspecified atom stereocenters. The SMILES string of the molecule is CCCN(CCC)C(=O)c1ccc(N2CCN(Cc3ccccc3)CC2)nc1. The lowest BCUT2D eigenvalue weighted by Crippen LogP contribution is -2.46. The van der Waals surface area contributed by atoms with Crippen LogP contribution in [0, 0.1) is 0 Å². The summed E-state index contributed by atoms with van der Waals surface area (Å²) in [6.45, 7) is 10.8. The van der Waals surface area contributed by atoms with Gasteiger partial charge in [-0.3, -0.25) is 9.69 Å². The molecule has 2 aromatic rings. The number of anilines is 1. The highest BCUT2D eigenvalue weighted by Gasteiger charge is 2.19. The molecule has 1 aromatic carbocycles. The number of carbonyl (C=O) groups is 1. The van der Waals surface area contributed by atoms with E-state index in [4.69, 9.17) is 0 Å². The van der Waals surface area contributed by atoms with Crippen LogP contribution in [-0.2, 0) is 6.54 Å². The highest BCUT2D eigenvalue weighted by Crippen LogP contribution is 2.16. The third-order valence-corrected chi connectivity index (χ3v) is 5.21. The van der Waals surface area contributed by atoms with E-state index in [0.29, 0.717) is 5.56 Å². The van der Waals surface area contributed by atoms with Gasteiger partial charge in [0.15, 0.2) is 0 Å². The number of piperazine rings is 1. The first kappa shape index (κ1) is 20.3. The molecule has 1 saturated heterocycles. The van der Waals surface area contributed by atoms with Crippen molar-refractivity contribution in [3.05, 3.63) is 59.8 Å². The first-order valence-corrected chi connectivity index (χ1v) is 10.5. The maximum atomic E-state index is 12.7. The van der Waals surface area contributed by atoms with Crippen molar-refractivity contribution >= 4 is 11.7 Å². The van der Waals surface area contributed by atoms with E-state index in [1.807, 2.05) is 17.0 Å². The van der Waals surface area contributed by atoms with Gasteiger partial charge in [-0.15, -0.1) is 0 Å². The quantitative estimate of drug-likeness (QED) is 0.701. The van der Waals surface area contributed by atoms with Crippen LogP contribution in [0.4, 0.5) is 5.82 Å². The Balaban J connectivity index is 1.55. The summed E-state index contributed by atoms with van der Waals surface area (Å²) in [5, 5.41) is 0. The van der Waals surface area contributed by atoms with Gasteiger partial charge in [0.1, 0.15) is 5.82 Å². The number of benzene rings is 1. The van der Waals surface area contributed by atoms with Gasteiger partial charge in [-0.2, -0.15) is 0 Å². The molecule has 1 aliphatic rings. The fourth-order valence-corrected chi connectivity index (χ4v) is 3.71. The van der Waals surface area contributed by atoms with Crippen molar-refractivity contribution in [2.45, 2.75) is 33.2 Å². The molecule has 0 saturated carbocycles. The van der Waals surface area contributed by atoms with E-state index in [2.05, 4.69) is 59.0 Å². The summed E-state index contributed by atoms with van der Waals surface area (Å²) in [6, 6.07) is 14.6. The first-order chi connectivity index (χ1) is 13.7. The zero-order valence-corrected chi connectivity index (χ0v) is 17.2. The van der Waals surface area contributed by atoms with Gasteiger partial charge < -0.3 is 9.80 Å². The molecular formula is C23H32N4O. The average Bonchev–Trinajstić information content (AvgIpc) is 2.74. The fraction of sp³-hybridized carbons (Fsp3) is 0.478. The predicted octanol–water partition coefficient (Wildman–Crippen LogP) is 3.67. The normalized spacial score (nSPS) is 14.9. The molecule has 1 fully saturated rings. The van der Waals surface area contributed by atoms with Crippen molar-refractivity contribution in [2.75, 3.05) is 44.2 Å². The molecule has 5 heteroatoms. The monoisotopic (exact) mass is 380 g/mol. The number of nitrogens with zero attached hydrogens (tertiary/aromatic N) is 4. The van der Waals surface area contributed by atoms with Crippen molar-refractivity contribution in [1.29, 1.82) is 0 Å². The van der Waals surface area contributed by atoms with Crippen LogP contribution >= 0.6 is 0 Å². The lowest BCUT2D eigenvalue weighted by molar-refractivity contribution is 0.0755. The van der Waals surface area contributed by atoms with E-state index in [1.54, 1.807) is 6.20 Å². The van der Waals surface area contributed by atoms with Crippen LogP contribution in [0.2, 0.25) is 0 Å². The number of rotatable bonds is 8. The van der Waals surface area contributed by atoms with Gasteiger partial charge in [-0.25, -0.2) is 4.98 Å². The molecule has 2 heterocycles. The highest BCUT2D eigenvalue weighted by molar-refractivity contribution is 5.94. The third-order valence-electron chi connectivity index (χ3n) is 5.21. The Morgan fingerprint density at radius 2 is 1.64 bits per heavy atom. The molecule has 150 valence electrons. The molecule has 0 spiro atoms. The minimum absolute atomic E-state index is 0.0930. The summed E-state index contributed by atoms with van der Waals surface area (Å²) >= 11 is 0. The summed E-state index contributed by atoms with van der Waals surface area (Å²) < 4.78 is 0. The van der Waals surface area contributed by atoms with E-state index in [-0.39, 0.29) is 5.91 Å². The number of hydrogen-bond donors (Lipinski definition) is 0. The van der Waals surface area contributed by atoms with E-state index >= 15 is 0 Å². The van der Waals surface area contributed by atoms with Gasteiger partial charge in [-0.05, 0) is 30.5 Å². The van der Waals surface area contributed by atoms with Crippen LogP contribution in [-0.4, -0.2) is 60.0 Å². The summed E-state index contributed by atoms with van der Waals surface area (Å²) in [5.41, 5.74) is 2.05. The second kappa shape index (κ2) is 10.2. The largest absolute Gasteiger partial charge is 0.354 e. The van der Waals surface area contributed by atoms with Crippen LogP contribution < -0.4 is 4.90 Å². The minimum Gasteiger partial charge on any atom is -0.354 e. The molecule has 0 bridgehead atoms. The van der Waals surface area contributed by atoms with Gasteiger partial charge in [0, 0.05) is 52.0 Å². The molecular weight excluding hydrogens is 348 g/mol. The van der Waals surface area contributed by atoms with Crippen molar-refractivity contribution < 1.29 is 4.79 Å². The number of aromatic nitrogens is 1. The topological polar surface area (TPSA) is 39.7 Å². The van der Waals surface area contributed by atoms with E-state index in [0.717, 1.165) is 64.5 Å². The predicted molar refractivity (Wildman–Crippen MR) is 115 cm³/mol. The molecule has 0 atom stereocenters. The van der Waals surface area contributed by atoms with E-state index < -0.39 is 0 Å². The Morgan fingerprint density at radius 3 is 2.21 bits per heavy atom. The van der Waals surface area contributed by atoms with Crippen LogP contribution in [0.15, 0.2) is 48.7 Å².